The number of fused-ring (bicyclic) bond motifs is 1. The molecule has 0 radical (unpaired) electrons. The molecule has 1 atom stereocenters. The zero-order valence-corrected chi connectivity index (χ0v) is 10.4. The number of hydrogen-bond donors (Lipinski definition) is 2. The van der Waals surface area contributed by atoms with Crippen LogP contribution in [-0.2, 0) is 0 Å². The number of nitrogen functional groups attached to an aromatic ring is 1. The highest BCUT2D eigenvalue weighted by molar-refractivity contribution is 7.99. The van der Waals surface area contributed by atoms with E-state index in [1.807, 2.05) is 25.1 Å². The molecule has 0 bridgehead atoms. The second-order valence-electron chi connectivity index (χ2n) is 4.05. The SMILES string of the molecule is CC(CO)CSc1ncnc2cc(N)ccc12. The minimum absolute atomic E-state index is 0.197. The van der Waals surface area contributed by atoms with Gasteiger partial charge in [0.05, 0.1) is 5.52 Å². The number of anilines is 1. The molecule has 0 aliphatic heterocycles. The van der Waals surface area contributed by atoms with Crippen LogP contribution in [-0.4, -0.2) is 27.4 Å². The van der Waals surface area contributed by atoms with E-state index >= 15 is 0 Å². The minimum Gasteiger partial charge on any atom is -0.399 e. The van der Waals surface area contributed by atoms with E-state index in [1.165, 1.54) is 0 Å². The van der Waals surface area contributed by atoms with Crippen LogP contribution in [0.4, 0.5) is 5.69 Å². The number of aliphatic hydroxyl groups excluding tert-OH is 1. The third kappa shape index (κ3) is 2.87. The van der Waals surface area contributed by atoms with Gasteiger partial charge in [-0.05, 0) is 24.1 Å². The molecule has 4 nitrogen and oxygen atoms in total. The van der Waals surface area contributed by atoms with Crippen molar-refractivity contribution >= 4 is 28.4 Å². The molecule has 2 rings (SSSR count). The topological polar surface area (TPSA) is 72.0 Å². The molecule has 0 fully saturated rings. The monoisotopic (exact) mass is 249 g/mol. The largest absolute Gasteiger partial charge is 0.399 e. The smallest absolute Gasteiger partial charge is 0.117 e. The number of thioether (sulfide) groups is 1. The van der Waals surface area contributed by atoms with Gasteiger partial charge in [0.25, 0.3) is 0 Å². The van der Waals surface area contributed by atoms with Crippen LogP contribution in [0, 0.1) is 5.92 Å². The first kappa shape index (κ1) is 12.1. The molecule has 5 heteroatoms. The zero-order chi connectivity index (χ0) is 12.3. The summed E-state index contributed by atoms with van der Waals surface area (Å²) in [6, 6.07) is 5.64. The number of nitrogens with two attached hydrogens (primary N) is 1. The Morgan fingerprint density at radius 1 is 1.41 bits per heavy atom. The predicted molar refractivity (Wildman–Crippen MR) is 70.9 cm³/mol. The Balaban J connectivity index is 2.28. The molecule has 17 heavy (non-hydrogen) atoms. The lowest BCUT2D eigenvalue weighted by atomic mass is 10.2. The van der Waals surface area contributed by atoms with Crippen molar-refractivity contribution in [3.05, 3.63) is 24.5 Å². The minimum atomic E-state index is 0.197. The first-order valence-corrected chi connectivity index (χ1v) is 6.43. The van der Waals surface area contributed by atoms with Crippen molar-refractivity contribution in [3.63, 3.8) is 0 Å². The number of nitrogens with zero attached hydrogens (tertiary/aromatic N) is 2. The van der Waals surface area contributed by atoms with Crippen molar-refractivity contribution < 1.29 is 5.11 Å². The summed E-state index contributed by atoms with van der Waals surface area (Å²) in [5.74, 6) is 1.10. The van der Waals surface area contributed by atoms with Crippen LogP contribution in [0.25, 0.3) is 10.9 Å². The van der Waals surface area contributed by atoms with Gasteiger partial charge >= 0.3 is 0 Å². The Morgan fingerprint density at radius 3 is 3.00 bits per heavy atom. The average molecular weight is 249 g/mol. The van der Waals surface area contributed by atoms with Gasteiger partial charge in [-0.1, -0.05) is 6.92 Å². The Labute approximate surface area is 104 Å². The average Bonchev–Trinajstić information content (AvgIpc) is 2.35. The number of aliphatic hydroxyl groups is 1. The van der Waals surface area contributed by atoms with Crippen LogP contribution < -0.4 is 5.73 Å². The number of benzene rings is 1. The molecule has 0 aliphatic carbocycles. The fourth-order valence-electron chi connectivity index (χ4n) is 1.44. The maximum atomic E-state index is 9.00. The van der Waals surface area contributed by atoms with Crippen molar-refractivity contribution in [2.24, 2.45) is 5.92 Å². The van der Waals surface area contributed by atoms with E-state index in [1.54, 1.807) is 18.1 Å². The van der Waals surface area contributed by atoms with Crippen molar-refractivity contribution in [2.75, 3.05) is 18.1 Å². The van der Waals surface area contributed by atoms with Gasteiger partial charge in [0, 0.05) is 23.4 Å². The molecule has 0 aliphatic rings. The molecule has 1 unspecified atom stereocenters. The van der Waals surface area contributed by atoms with Crippen LogP contribution in [0.2, 0.25) is 0 Å². The van der Waals surface area contributed by atoms with Crippen molar-refractivity contribution in [2.45, 2.75) is 11.9 Å². The molecule has 90 valence electrons. The van der Waals surface area contributed by atoms with Crippen LogP contribution in [0.3, 0.4) is 0 Å². The molecule has 0 saturated carbocycles. The molecular formula is C12H15N3OS. The molecule has 1 aromatic carbocycles. The quantitative estimate of drug-likeness (QED) is 0.492. The van der Waals surface area contributed by atoms with Crippen LogP contribution in [0.5, 0.6) is 0 Å². The van der Waals surface area contributed by atoms with E-state index in [0.717, 1.165) is 21.7 Å². The molecule has 0 saturated heterocycles. The molecule has 1 heterocycles. The van der Waals surface area contributed by atoms with E-state index in [0.29, 0.717) is 5.69 Å². The number of aromatic nitrogens is 2. The third-order valence-electron chi connectivity index (χ3n) is 2.44. The summed E-state index contributed by atoms with van der Waals surface area (Å²) in [6.45, 7) is 2.21. The highest BCUT2D eigenvalue weighted by Gasteiger charge is 2.07. The van der Waals surface area contributed by atoms with Crippen LogP contribution >= 0.6 is 11.8 Å². The van der Waals surface area contributed by atoms with E-state index in [-0.39, 0.29) is 12.5 Å². The Bertz CT molecular complexity index is 518. The highest BCUT2D eigenvalue weighted by atomic mass is 32.2. The summed E-state index contributed by atoms with van der Waals surface area (Å²) >= 11 is 1.64. The maximum absolute atomic E-state index is 9.00. The predicted octanol–water partition coefficient (Wildman–Crippen LogP) is 1.93. The standard InChI is InChI=1S/C12H15N3OS/c1-8(5-16)6-17-12-10-3-2-9(13)4-11(10)14-7-15-12/h2-4,7-8,16H,5-6,13H2,1H3. The number of rotatable bonds is 4. The van der Waals surface area contributed by atoms with Crippen LogP contribution in [0.15, 0.2) is 29.6 Å². The molecular weight excluding hydrogens is 234 g/mol. The molecule has 0 amide bonds. The Morgan fingerprint density at radius 2 is 2.24 bits per heavy atom. The van der Waals surface area contributed by atoms with E-state index in [9.17, 15) is 0 Å². The van der Waals surface area contributed by atoms with Gasteiger partial charge in [0.1, 0.15) is 11.4 Å². The summed E-state index contributed by atoms with van der Waals surface area (Å²) in [6.07, 6.45) is 1.55. The van der Waals surface area contributed by atoms with Crippen molar-refractivity contribution in [1.82, 2.24) is 9.97 Å². The molecule has 3 N–H and O–H groups in total. The fraction of sp³-hybridized carbons (Fsp3) is 0.333. The summed E-state index contributed by atoms with van der Waals surface area (Å²) in [7, 11) is 0. The Hall–Kier alpha value is -1.33. The van der Waals surface area contributed by atoms with Gasteiger partial charge in [-0.15, -0.1) is 11.8 Å². The zero-order valence-electron chi connectivity index (χ0n) is 9.63. The summed E-state index contributed by atoms with van der Waals surface area (Å²) in [5, 5.41) is 11.0. The summed E-state index contributed by atoms with van der Waals surface area (Å²) in [4.78, 5) is 8.47. The second-order valence-corrected chi connectivity index (χ2v) is 5.06. The lowest BCUT2D eigenvalue weighted by molar-refractivity contribution is 0.250. The van der Waals surface area contributed by atoms with Gasteiger partial charge in [-0.2, -0.15) is 0 Å². The maximum Gasteiger partial charge on any atom is 0.117 e. The van der Waals surface area contributed by atoms with Gasteiger partial charge in [0.2, 0.25) is 0 Å². The van der Waals surface area contributed by atoms with Gasteiger partial charge in [0.15, 0.2) is 0 Å². The van der Waals surface area contributed by atoms with Gasteiger partial charge in [-0.25, -0.2) is 9.97 Å². The molecule has 0 spiro atoms. The molecule has 2 aromatic rings. The van der Waals surface area contributed by atoms with Gasteiger partial charge in [-0.3, -0.25) is 0 Å². The first-order valence-electron chi connectivity index (χ1n) is 5.44. The van der Waals surface area contributed by atoms with Crippen molar-refractivity contribution in [3.8, 4) is 0 Å². The normalized spacial score (nSPS) is 12.8. The van der Waals surface area contributed by atoms with E-state index in [4.69, 9.17) is 10.8 Å². The second kappa shape index (κ2) is 5.33. The van der Waals surface area contributed by atoms with E-state index < -0.39 is 0 Å². The summed E-state index contributed by atoms with van der Waals surface area (Å²) in [5.41, 5.74) is 7.28. The molecule has 1 aromatic heterocycles. The van der Waals surface area contributed by atoms with Crippen molar-refractivity contribution in [1.29, 1.82) is 0 Å². The lowest BCUT2D eigenvalue weighted by Gasteiger charge is -2.08. The van der Waals surface area contributed by atoms with Crippen LogP contribution in [0.1, 0.15) is 6.92 Å². The lowest BCUT2D eigenvalue weighted by Crippen LogP contribution is -2.03. The highest BCUT2D eigenvalue weighted by Crippen LogP contribution is 2.26. The fourth-order valence-corrected chi connectivity index (χ4v) is 2.44. The van der Waals surface area contributed by atoms with Gasteiger partial charge < -0.3 is 10.8 Å². The first-order chi connectivity index (χ1) is 8.20. The number of hydrogen-bond acceptors (Lipinski definition) is 5. The Kier molecular flexibility index (Phi) is 3.81. The summed E-state index contributed by atoms with van der Waals surface area (Å²) < 4.78 is 0. The third-order valence-corrected chi connectivity index (χ3v) is 3.77. The van der Waals surface area contributed by atoms with E-state index in [2.05, 4.69) is 9.97 Å².